The number of amides is 2. The van der Waals surface area contributed by atoms with Crippen molar-refractivity contribution in [3.8, 4) is 17.6 Å². The molecule has 0 spiro atoms. The van der Waals surface area contributed by atoms with Gasteiger partial charge in [-0.05, 0) is 18.2 Å². The monoisotopic (exact) mass is 340 g/mol. The topological polar surface area (TPSA) is 113 Å². The second-order valence-corrected chi connectivity index (χ2v) is 4.84. The number of nitrogens with one attached hydrogen (secondary N) is 3. The van der Waals surface area contributed by atoms with E-state index >= 15 is 0 Å². The Hall–Kier alpha value is -3.60. The predicted molar refractivity (Wildman–Crippen MR) is 91.2 cm³/mol. The minimum atomic E-state index is -0.436. The molecule has 2 rings (SSSR count). The second kappa shape index (κ2) is 8.88. The van der Waals surface area contributed by atoms with Gasteiger partial charge in [0.05, 0.1) is 6.54 Å². The van der Waals surface area contributed by atoms with Crippen molar-refractivity contribution >= 4 is 17.5 Å². The third-order valence-electron chi connectivity index (χ3n) is 2.84. The fraction of sp³-hybridized carbons (Fsp3) is 0.176. The van der Waals surface area contributed by atoms with Crippen LogP contribution in [0.5, 0.6) is 5.75 Å². The SMILES string of the molecule is CC(=O)Nc1cccc(OCC#CCNC(=O)c2ccc(=O)[nH]n2)c1. The van der Waals surface area contributed by atoms with E-state index in [0.29, 0.717) is 11.4 Å². The predicted octanol–water partition coefficient (Wildman–Crippen LogP) is 0.540. The Labute approximate surface area is 143 Å². The molecule has 1 heterocycles. The number of hydrogen-bond donors (Lipinski definition) is 3. The van der Waals surface area contributed by atoms with Crippen molar-refractivity contribution < 1.29 is 14.3 Å². The highest BCUT2D eigenvalue weighted by Crippen LogP contribution is 2.16. The first-order valence-corrected chi connectivity index (χ1v) is 7.35. The van der Waals surface area contributed by atoms with Gasteiger partial charge in [-0.15, -0.1) is 0 Å². The van der Waals surface area contributed by atoms with Gasteiger partial charge in [-0.3, -0.25) is 14.4 Å². The maximum atomic E-state index is 11.7. The summed E-state index contributed by atoms with van der Waals surface area (Å²) in [5.41, 5.74) is 0.363. The quantitative estimate of drug-likeness (QED) is 0.688. The first-order valence-electron chi connectivity index (χ1n) is 7.35. The number of aromatic amines is 1. The largest absolute Gasteiger partial charge is 0.481 e. The van der Waals surface area contributed by atoms with E-state index in [1.807, 2.05) is 0 Å². The third kappa shape index (κ3) is 6.19. The summed E-state index contributed by atoms with van der Waals surface area (Å²) in [5.74, 6) is 5.47. The van der Waals surface area contributed by atoms with Gasteiger partial charge in [0.25, 0.3) is 11.5 Å². The molecule has 0 saturated carbocycles. The van der Waals surface area contributed by atoms with E-state index in [2.05, 4.69) is 32.7 Å². The van der Waals surface area contributed by atoms with Crippen LogP contribution in [0.3, 0.4) is 0 Å². The fourth-order valence-corrected chi connectivity index (χ4v) is 1.79. The second-order valence-electron chi connectivity index (χ2n) is 4.84. The van der Waals surface area contributed by atoms with Crippen LogP contribution in [-0.2, 0) is 4.79 Å². The molecule has 0 aliphatic carbocycles. The highest BCUT2D eigenvalue weighted by molar-refractivity contribution is 5.92. The van der Waals surface area contributed by atoms with Crippen LogP contribution in [0.1, 0.15) is 17.4 Å². The van der Waals surface area contributed by atoms with Gasteiger partial charge in [0.15, 0.2) is 0 Å². The van der Waals surface area contributed by atoms with Gasteiger partial charge < -0.3 is 15.4 Å². The van der Waals surface area contributed by atoms with Crippen molar-refractivity contribution in [2.75, 3.05) is 18.5 Å². The number of H-pyrrole nitrogens is 1. The van der Waals surface area contributed by atoms with Gasteiger partial charge in [0.2, 0.25) is 5.91 Å². The van der Waals surface area contributed by atoms with Crippen molar-refractivity contribution in [1.29, 1.82) is 0 Å². The first-order chi connectivity index (χ1) is 12.0. The Bertz CT molecular complexity index is 859. The minimum absolute atomic E-state index is 0.104. The highest BCUT2D eigenvalue weighted by Gasteiger charge is 2.04. The van der Waals surface area contributed by atoms with Gasteiger partial charge in [-0.1, -0.05) is 17.9 Å². The summed E-state index contributed by atoms with van der Waals surface area (Å²) >= 11 is 0. The number of nitrogens with zero attached hydrogens (tertiary/aromatic N) is 1. The molecule has 8 nitrogen and oxygen atoms in total. The number of rotatable bonds is 5. The average molecular weight is 340 g/mol. The Balaban J connectivity index is 1.76. The summed E-state index contributed by atoms with van der Waals surface area (Å²) in [5, 5.41) is 11.0. The molecule has 0 unspecified atom stereocenters. The lowest BCUT2D eigenvalue weighted by Gasteiger charge is -2.05. The fourth-order valence-electron chi connectivity index (χ4n) is 1.79. The molecule has 1 aromatic heterocycles. The molecule has 2 amide bonds. The summed E-state index contributed by atoms with van der Waals surface area (Å²) in [6.07, 6.45) is 0. The molecule has 3 N–H and O–H groups in total. The summed E-state index contributed by atoms with van der Waals surface area (Å²) in [7, 11) is 0. The number of carbonyl (C=O) groups is 2. The number of anilines is 1. The summed E-state index contributed by atoms with van der Waals surface area (Å²) < 4.78 is 5.44. The average Bonchev–Trinajstić information content (AvgIpc) is 2.58. The molecule has 0 fully saturated rings. The molecule has 8 heteroatoms. The van der Waals surface area contributed by atoms with Gasteiger partial charge in [0.1, 0.15) is 18.1 Å². The lowest BCUT2D eigenvalue weighted by atomic mass is 10.3. The third-order valence-corrected chi connectivity index (χ3v) is 2.84. The lowest BCUT2D eigenvalue weighted by Crippen LogP contribution is -2.26. The summed E-state index contributed by atoms with van der Waals surface area (Å²) in [4.78, 5) is 33.6. The smallest absolute Gasteiger partial charge is 0.272 e. The first kappa shape index (κ1) is 17.7. The molecule has 25 heavy (non-hydrogen) atoms. The minimum Gasteiger partial charge on any atom is -0.481 e. The van der Waals surface area contributed by atoms with E-state index in [9.17, 15) is 14.4 Å². The lowest BCUT2D eigenvalue weighted by molar-refractivity contribution is -0.114. The Morgan fingerprint density at radius 1 is 1.24 bits per heavy atom. The molecule has 0 radical (unpaired) electrons. The van der Waals surface area contributed by atoms with Crippen LogP contribution in [-0.4, -0.2) is 35.2 Å². The molecule has 0 bridgehead atoms. The van der Waals surface area contributed by atoms with Crippen LogP contribution in [0.2, 0.25) is 0 Å². The van der Waals surface area contributed by atoms with E-state index in [-0.39, 0.29) is 30.3 Å². The number of hydrogen-bond acceptors (Lipinski definition) is 5. The standard InChI is InChI=1S/C17H16N4O4/c1-12(22)19-13-5-4-6-14(11-13)25-10-3-2-9-18-17(24)15-7-8-16(23)21-20-15/h4-8,11H,9-10H2,1H3,(H,18,24)(H,19,22)(H,21,23). The number of benzene rings is 1. The van der Waals surface area contributed by atoms with E-state index in [4.69, 9.17) is 4.74 Å². The van der Waals surface area contributed by atoms with Crippen molar-refractivity contribution in [3.05, 3.63) is 52.4 Å². The zero-order valence-corrected chi connectivity index (χ0v) is 13.5. The molecule has 128 valence electrons. The zero-order valence-electron chi connectivity index (χ0n) is 13.5. The molecule has 0 aliphatic heterocycles. The molecule has 0 aliphatic rings. The maximum Gasteiger partial charge on any atom is 0.272 e. The highest BCUT2D eigenvalue weighted by atomic mass is 16.5. The van der Waals surface area contributed by atoms with E-state index in [1.54, 1.807) is 24.3 Å². The summed E-state index contributed by atoms with van der Waals surface area (Å²) in [6.45, 7) is 1.68. The van der Waals surface area contributed by atoms with Crippen LogP contribution in [0.4, 0.5) is 5.69 Å². The van der Waals surface area contributed by atoms with Crippen molar-refractivity contribution in [3.63, 3.8) is 0 Å². The van der Waals surface area contributed by atoms with Crippen LogP contribution in [0.15, 0.2) is 41.2 Å². The number of carbonyl (C=O) groups excluding carboxylic acids is 2. The number of ether oxygens (including phenoxy) is 1. The Morgan fingerprint density at radius 2 is 2.08 bits per heavy atom. The van der Waals surface area contributed by atoms with Crippen LogP contribution in [0, 0.1) is 11.8 Å². The Kier molecular flexibility index (Phi) is 6.31. The van der Waals surface area contributed by atoms with E-state index in [0.717, 1.165) is 0 Å². The van der Waals surface area contributed by atoms with Crippen molar-refractivity contribution in [2.45, 2.75) is 6.92 Å². The normalized spacial score (nSPS) is 9.48. The summed E-state index contributed by atoms with van der Waals surface area (Å²) in [6, 6.07) is 9.48. The number of aromatic nitrogens is 2. The molecule has 2 aromatic rings. The maximum absolute atomic E-state index is 11.7. The van der Waals surface area contributed by atoms with E-state index in [1.165, 1.54) is 19.1 Å². The van der Waals surface area contributed by atoms with Gasteiger partial charge in [0, 0.05) is 24.7 Å². The Morgan fingerprint density at radius 3 is 2.80 bits per heavy atom. The molecule has 1 aromatic carbocycles. The van der Waals surface area contributed by atoms with Gasteiger partial charge in [-0.2, -0.15) is 5.10 Å². The molecular formula is C17H16N4O4. The van der Waals surface area contributed by atoms with E-state index < -0.39 is 5.91 Å². The van der Waals surface area contributed by atoms with Gasteiger partial charge in [-0.25, -0.2) is 5.10 Å². The van der Waals surface area contributed by atoms with Crippen LogP contribution >= 0.6 is 0 Å². The molecule has 0 atom stereocenters. The molecular weight excluding hydrogens is 324 g/mol. The van der Waals surface area contributed by atoms with Crippen molar-refractivity contribution in [1.82, 2.24) is 15.5 Å². The molecule has 0 saturated heterocycles. The van der Waals surface area contributed by atoms with Gasteiger partial charge >= 0.3 is 0 Å². The van der Waals surface area contributed by atoms with Crippen LogP contribution in [0.25, 0.3) is 0 Å². The van der Waals surface area contributed by atoms with Crippen LogP contribution < -0.4 is 20.9 Å². The zero-order chi connectivity index (χ0) is 18.1. The van der Waals surface area contributed by atoms with Crippen molar-refractivity contribution in [2.24, 2.45) is 0 Å².